The van der Waals surface area contributed by atoms with Crippen molar-refractivity contribution in [1.82, 2.24) is 14.5 Å². The van der Waals surface area contributed by atoms with Gasteiger partial charge >= 0.3 is 0 Å². The van der Waals surface area contributed by atoms with Crippen molar-refractivity contribution in [2.24, 2.45) is 0 Å². The van der Waals surface area contributed by atoms with E-state index in [0.717, 1.165) is 10.0 Å². The van der Waals surface area contributed by atoms with Crippen LogP contribution < -0.4 is 5.56 Å². The smallest absolute Gasteiger partial charge is 0.262 e. The van der Waals surface area contributed by atoms with Gasteiger partial charge in [0.1, 0.15) is 5.25 Å². The molecule has 4 rings (SSSR count). The number of fused-ring (bicyclic) bond motifs is 1. The summed E-state index contributed by atoms with van der Waals surface area (Å²) in [7, 11) is 0. The molecule has 1 atom stereocenters. The summed E-state index contributed by atoms with van der Waals surface area (Å²) >= 11 is 4.76. The van der Waals surface area contributed by atoms with Crippen LogP contribution in [-0.4, -0.2) is 46.7 Å². The van der Waals surface area contributed by atoms with Gasteiger partial charge in [-0.1, -0.05) is 58.0 Å². The number of morpholine rings is 1. The zero-order valence-electron chi connectivity index (χ0n) is 16.6. The van der Waals surface area contributed by atoms with Crippen molar-refractivity contribution in [3.63, 3.8) is 0 Å². The van der Waals surface area contributed by atoms with Crippen molar-refractivity contribution in [3.8, 4) is 0 Å². The number of benzene rings is 2. The molecule has 3 aromatic rings. The van der Waals surface area contributed by atoms with Crippen molar-refractivity contribution < 1.29 is 9.53 Å². The van der Waals surface area contributed by atoms with Gasteiger partial charge < -0.3 is 9.64 Å². The van der Waals surface area contributed by atoms with Crippen LogP contribution in [-0.2, 0) is 16.1 Å². The molecule has 1 aliphatic rings. The average molecular weight is 488 g/mol. The number of carbonyl (C=O) groups is 1. The fraction of sp³-hybridized carbons (Fsp3) is 0.318. The van der Waals surface area contributed by atoms with Crippen LogP contribution in [0.4, 0.5) is 0 Å². The Morgan fingerprint density at radius 2 is 1.93 bits per heavy atom. The van der Waals surface area contributed by atoms with E-state index in [-0.39, 0.29) is 11.5 Å². The number of aromatic nitrogens is 2. The molecule has 6 nitrogen and oxygen atoms in total. The summed E-state index contributed by atoms with van der Waals surface area (Å²) < 4.78 is 7.88. The van der Waals surface area contributed by atoms with E-state index in [1.165, 1.54) is 11.8 Å². The molecule has 0 N–H and O–H groups in total. The molecule has 0 spiro atoms. The molecular weight excluding hydrogens is 466 g/mol. The predicted octanol–water partition coefficient (Wildman–Crippen LogP) is 3.87. The third-order valence-corrected chi connectivity index (χ3v) is 6.80. The molecule has 1 unspecified atom stereocenters. The van der Waals surface area contributed by atoms with Gasteiger partial charge in [0, 0.05) is 24.1 Å². The van der Waals surface area contributed by atoms with Gasteiger partial charge in [0.05, 0.1) is 24.1 Å². The second-order valence-corrected chi connectivity index (χ2v) is 8.94. The zero-order valence-corrected chi connectivity index (χ0v) is 19.0. The normalized spacial score (nSPS) is 15.3. The molecule has 0 radical (unpaired) electrons. The van der Waals surface area contributed by atoms with Gasteiger partial charge in [-0.3, -0.25) is 14.2 Å². The van der Waals surface area contributed by atoms with Gasteiger partial charge in [-0.15, -0.1) is 0 Å². The number of amides is 1. The molecule has 1 amide bonds. The standard InChI is InChI=1S/C22H22BrN3O3S/c1-2-26-20(27)17-14-16(23)8-9-18(17)24-22(26)30-19(15-6-4-3-5-7-15)21(28)25-10-12-29-13-11-25/h3-9,14,19H,2,10-13H2,1H3. The minimum absolute atomic E-state index is 0.0160. The van der Waals surface area contributed by atoms with Crippen LogP contribution in [0.15, 0.2) is 63.0 Å². The molecular formula is C22H22BrN3O3S. The van der Waals surface area contributed by atoms with Crippen LogP contribution in [0, 0.1) is 0 Å². The SMILES string of the molecule is CCn1c(SC(C(=O)N2CCOCC2)c2ccccc2)nc2ccc(Br)cc2c1=O. The van der Waals surface area contributed by atoms with Gasteiger partial charge in [0.15, 0.2) is 5.16 Å². The van der Waals surface area contributed by atoms with Crippen LogP contribution in [0.1, 0.15) is 17.7 Å². The van der Waals surface area contributed by atoms with Gasteiger partial charge in [0.25, 0.3) is 5.56 Å². The second-order valence-electron chi connectivity index (χ2n) is 6.95. The monoisotopic (exact) mass is 487 g/mol. The van der Waals surface area contributed by atoms with E-state index in [2.05, 4.69) is 15.9 Å². The lowest BCUT2D eigenvalue weighted by Crippen LogP contribution is -2.42. The lowest BCUT2D eigenvalue weighted by Gasteiger charge is -2.30. The van der Waals surface area contributed by atoms with Gasteiger partial charge in [-0.25, -0.2) is 4.98 Å². The molecule has 1 fully saturated rings. The zero-order chi connectivity index (χ0) is 21.1. The van der Waals surface area contributed by atoms with E-state index in [0.29, 0.717) is 48.9 Å². The molecule has 0 aliphatic carbocycles. The first-order chi connectivity index (χ1) is 14.6. The van der Waals surface area contributed by atoms with E-state index in [1.807, 2.05) is 54.3 Å². The maximum Gasteiger partial charge on any atom is 0.262 e. The Bertz CT molecular complexity index is 1110. The summed E-state index contributed by atoms with van der Waals surface area (Å²) in [6, 6.07) is 15.2. The first-order valence-corrected chi connectivity index (χ1v) is 11.5. The average Bonchev–Trinajstić information content (AvgIpc) is 2.79. The summed E-state index contributed by atoms with van der Waals surface area (Å²) in [5.74, 6) is 0.0160. The Kier molecular flexibility index (Phi) is 6.55. The highest BCUT2D eigenvalue weighted by atomic mass is 79.9. The van der Waals surface area contributed by atoms with E-state index >= 15 is 0 Å². The molecule has 1 saturated heterocycles. The van der Waals surface area contributed by atoms with Gasteiger partial charge in [-0.2, -0.15) is 0 Å². The highest BCUT2D eigenvalue weighted by Gasteiger charge is 2.30. The number of halogens is 1. The number of hydrogen-bond donors (Lipinski definition) is 0. The Labute approximate surface area is 187 Å². The van der Waals surface area contributed by atoms with Gasteiger partial charge in [-0.05, 0) is 30.7 Å². The topological polar surface area (TPSA) is 64.4 Å². The van der Waals surface area contributed by atoms with Crippen LogP contribution >= 0.6 is 27.7 Å². The number of thioether (sulfide) groups is 1. The number of hydrogen-bond acceptors (Lipinski definition) is 5. The van der Waals surface area contributed by atoms with Crippen molar-refractivity contribution >= 4 is 44.5 Å². The number of carbonyl (C=O) groups excluding carboxylic acids is 1. The number of rotatable bonds is 5. The first-order valence-electron chi connectivity index (χ1n) is 9.86. The minimum Gasteiger partial charge on any atom is -0.378 e. The van der Waals surface area contributed by atoms with Crippen molar-refractivity contribution in [2.45, 2.75) is 23.9 Å². The van der Waals surface area contributed by atoms with Crippen molar-refractivity contribution in [2.75, 3.05) is 26.3 Å². The Morgan fingerprint density at radius 1 is 1.20 bits per heavy atom. The maximum atomic E-state index is 13.4. The van der Waals surface area contributed by atoms with Crippen LogP contribution in [0.25, 0.3) is 10.9 Å². The van der Waals surface area contributed by atoms with Crippen LogP contribution in [0.5, 0.6) is 0 Å². The third kappa shape index (κ3) is 4.31. The lowest BCUT2D eigenvalue weighted by atomic mass is 10.1. The summed E-state index contributed by atoms with van der Waals surface area (Å²) in [4.78, 5) is 33.1. The number of nitrogens with zero attached hydrogens (tertiary/aromatic N) is 3. The Balaban J connectivity index is 1.77. The fourth-order valence-electron chi connectivity index (χ4n) is 3.49. The predicted molar refractivity (Wildman–Crippen MR) is 122 cm³/mol. The van der Waals surface area contributed by atoms with Crippen molar-refractivity contribution in [1.29, 1.82) is 0 Å². The highest BCUT2D eigenvalue weighted by molar-refractivity contribution is 9.10. The third-order valence-electron chi connectivity index (χ3n) is 5.07. The molecule has 2 heterocycles. The largest absolute Gasteiger partial charge is 0.378 e. The molecule has 8 heteroatoms. The summed E-state index contributed by atoms with van der Waals surface area (Å²) in [6.07, 6.45) is 0. The van der Waals surface area contributed by atoms with Crippen LogP contribution in [0.3, 0.4) is 0 Å². The van der Waals surface area contributed by atoms with E-state index in [9.17, 15) is 9.59 Å². The van der Waals surface area contributed by atoms with Crippen molar-refractivity contribution in [3.05, 3.63) is 68.9 Å². The maximum absolute atomic E-state index is 13.4. The second kappa shape index (κ2) is 9.32. The van der Waals surface area contributed by atoms with Crippen LogP contribution in [0.2, 0.25) is 0 Å². The molecule has 1 aliphatic heterocycles. The Morgan fingerprint density at radius 3 is 2.63 bits per heavy atom. The first kappa shape index (κ1) is 21.1. The molecule has 0 saturated carbocycles. The Hall–Kier alpha value is -2.16. The van der Waals surface area contributed by atoms with E-state index in [4.69, 9.17) is 9.72 Å². The summed E-state index contributed by atoms with van der Waals surface area (Å²) in [5, 5.41) is 0.626. The molecule has 2 aromatic carbocycles. The number of ether oxygens (including phenoxy) is 1. The molecule has 30 heavy (non-hydrogen) atoms. The highest BCUT2D eigenvalue weighted by Crippen LogP contribution is 2.36. The van der Waals surface area contributed by atoms with Gasteiger partial charge in [0.2, 0.25) is 5.91 Å². The molecule has 0 bridgehead atoms. The van der Waals surface area contributed by atoms with E-state index in [1.54, 1.807) is 10.6 Å². The van der Waals surface area contributed by atoms with E-state index < -0.39 is 5.25 Å². The quantitative estimate of drug-likeness (QED) is 0.403. The summed E-state index contributed by atoms with van der Waals surface area (Å²) in [6.45, 7) is 4.62. The summed E-state index contributed by atoms with van der Waals surface area (Å²) in [5.41, 5.74) is 1.42. The minimum atomic E-state index is -0.484. The fourth-order valence-corrected chi connectivity index (χ4v) is 5.09. The lowest BCUT2D eigenvalue weighted by molar-refractivity contribution is -0.134. The molecule has 156 valence electrons. The molecule has 1 aromatic heterocycles.